The highest BCUT2D eigenvalue weighted by molar-refractivity contribution is 7.87. The van der Waals surface area contributed by atoms with Gasteiger partial charge in [0.15, 0.2) is 0 Å². The summed E-state index contributed by atoms with van der Waals surface area (Å²) in [5.74, 6) is 0.395. The fourth-order valence-corrected chi connectivity index (χ4v) is 3.78. The fraction of sp³-hybridized carbons (Fsp3) is 0.615. The van der Waals surface area contributed by atoms with Crippen molar-refractivity contribution in [3.8, 4) is 0 Å². The average molecular weight is 298 g/mol. The third-order valence-corrected chi connectivity index (χ3v) is 5.04. The number of piperidine rings is 1. The summed E-state index contributed by atoms with van der Waals surface area (Å²) in [6, 6.07) is 3.62. The lowest BCUT2D eigenvalue weighted by Crippen LogP contribution is -2.47. The van der Waals surface area contributed by atoms with Gasteiger partial charge in [0.2, 0.25) is 0 Å². The first-order valence-corrected chi connectivity index (χ1v) is 8.34. The van der Waals surface area contributed by atoms with Crippen LogP contribution in [0.4, 0.5) is 0 Å². The summed E-state index contributed by atoms with van der Waals surface area (Å²) in [5.41, 5.74) is 0.910. The van der Waals surface area contributed by atoms with Crippen molar-refractivity contribution < 1.29 is 8.42 Å². The lowest BCUT2D eigenvalue weighted by atomic mass is 10.00. The Kier molecular flexibility index (Phi) is 5.47. The number of aromatic nitrogens is 1. The molecule has 1 saturated heterocycles. The van der Waals surface area contributed by atoms with Gasteiger partial charge in [0.05, 0.1) is 0 Å². The molecule has 1 atom stereocenters. The van der Waals surface area contributed by atoms with Crippen molar-refractivity contribution in [2.75, 3.05) is 26.7 Å². The van der Waals surface area contributed by atoms with Crippen LogP contribution in [0.3, 0.4) is 0 Å². The van der Waals surface area contributed by atoms with Gasteiger partial charge in [-0.05, 0) is 50.0 Å². The Labute approximate surface area is 120 Å². The molecule has 0 aromatic carbocycles. The molecule has 1 aliphatic heterocycles. The molecule has 1 aromatic heterocycles. The second-order valence-electron chi connectivity index (χ2n) is 5.11. The van der Waals surface area contributed by atoms with E-state index in [1.807, 2.05) is 19.2 Å². The first-order chi connectivity index (χ1) is 9.62. The van der Waals surface area contributed by atoms with Gasteiger partial charge in [-0.15, -0.1) is 0 Å². The van der Waals surface area contributed by atoms with E-state index in [1.54, 1.807) is 16.7 Å². The summed E-state index contributed by atoms with van der Waals surface area (Å²) < 4.78 is 28.8. The van der Waals surface area contributed by atoms with Crippen LogP contribution < -0.4 is 10.0 Å². The minimum Gasteiger partial charge on any atom is -0.319 e. The van der Waals surface area contributed by atoms with Crippen molar-refractivity contribution in [2.45, 2.75) is 19.4 Å². The Morgan fingerprint density at radius 3 is 2.85 bits per heavy atom. The number of pyridine rings is 1. The SMILES string of the molecule is CNCC1CCCN(S(=O)(=O)NCc2ccncc2)C1. The summed E-state index contributed by atoms with van der Waals surface area (Å²) in [7, 11) is -1.50. The van der Waals surface area contributed by atoms with E-state index in [4.69, 9.17) is 0 Å². The van der Waals surface area contributed by atoms with E-state index < -0.39 is 10.2 Å². The van der Waals surface area contributed by atoms with Gasteiger partial charge in [0, 0.05) is 32.0 Å². The minimum atomic E-state index is -3.40. The molecule has 0 amide bonds. The normalized spacial score (nSPS) is 20.9. The molecule has 2 heterocycles. The lowest BCUT2D eigenvalue weighted by Gasteiger charge is -2.31. The van der Waals surface area contributed by atoms with Crippen molar-refractivity contribution in [2.24, 2.45) is 5.92 Å². The maximum Gasteiger partial charge on any atom is 0.279 e. The fourth-order valence-electron chi connectivity index (χ4n) is 2.47. The van der Waals surface area contributed by atoms with E-state index >= 15 is 0 Å². The predicted octanol–water partition coefficient (Wildman–Crippen LogP) is 0.347. The number of nitrogens with one attached hydrogen (secondary N) is 2. The van der Waals surface area contributed by atoms with Gasteiger partial charge in [-0.1, -0.05) is 0 Å². The van der Waals surface area contributed by atoms with Crippen molar-refractivity contribution in [3.63, 3.8) is 0 Å². The third-order valence-electron chi connectivity index (χ3n) is 3.52. The molecule has 2 rings (SSSR count). The molecular formula is C13H22N4O2S. The van der Waals surface area contributed by atoms with Gasteiger partial charge in [-0.3, -0.25) is 4.98 Å². The standard InChI is InChI=1S/C13H22N4O2S/c1-14-9-13-3-2-8-17(11-13)20(18,19)16-10-12-4-6-15-7-5-12/h4-7,13-14,16H,2-3,8-11H2,1H3. The highest BCUT2D eigenvalue weighted by Gasteiger charge is 2.28. The Bertz CT molecular complexity index is 504. The quantitative estimate of drug-likeness (QED) is 0.794. The van der Waals surface area contributed by atoms with Crippen molar-refractivity contribution in [3.05, 3.63) is 30.1 Å². The van der Waals surface area contributed by atoms with Crippen LogP contribution in [0.2, 0.25) is 0 Å². The third kappa shape index (κ3) is 4.24. The van der Waals surface area contributed by atoms with Crippen LogP contribution in [-0.2, 0) is 16.8 Å². The molecule has 0 radical (unpaired) electrons. The Balaban J connectivity index is 1.92. The molecule has 0 aliphatic carbocycles. The monoisotopic (exact) mass is 298 g/mol. The Hall–Kier alpha value is -1.02. The second-order valence-corrected chi connectivity index (χ2v) is 6.86. The maximum atomic E-state index is 12.3. The smallest absolute Gasteiger partial charge is 0.279 e. The maximum absolute atomic E-state index is 12.3. The minimum absolute atomic E-state index is 0.304. The molecule has 2 N–H and O–H groups in total. The highest BCUT2D eigenvalue weighted by atomic mass is 32.2. The van der Waals surface area contributed by atoms with E-state index in [1.165, 1.54) is 0 Å². The molecule has 7 heteroatoms. The zero-order valence-corrected chi connectivity index (χ0v) is 12.6. The van der Waals surface area contributed by atoms with E-state index in [9.17, 15) is 8.42 Å². The summed E-state index contributed by atoms with van der Waals surface area (Å²) in [5, 5.41) is 3.12. The summed E-state index contributed by atoms with van der Waals surface area (Å²) in [6.07, 6.45) is 5.32. The zero-order chi connectivity index (χ0) is 14.4. The van der Waals surface area contributed by atoms with Gasteiger partial charge >= 0.3 is 0 Å². The van der Waals surface area contributed by atoms with Gasteiger partial charge < -0.3 is 5.32 Å². The van der Waals surface area contributed by atoms with Gasteiger partial charge in [0.1, 0.15) is 0 Å². The van der Waals surface area contributed by atoms with Crippen LogP contribution in [0.1, 0.15) is 18.4 Å². The zero-order valence-electron chi connectivity index (χ0n) is 11.7. The Morgan fingerprint density at radius 1 is 1.40 bits per heavy atom. The molecule has 20 heavy (non-hydrogen) atoms. The van der Waals surface area contributed by atoms with Crippen molar-refractivity contribution in [1.29, 1.82) is 0 Å². The lowest BCUT2D eigenvalue weighted by molar-refractivity contribution is 0.261. The summed E-state index contributed by atoms with van der Waals surface area (Å²) >= 11 is 0. The van der Waals surface area contributed by atoms with Crippen LogP contribution in [-0.4, -0.2) is 44.4 Å². The van der Waals surface area contributed by atoms with E-state index in [0.29, 0.717) is 25.6 Å². The van der Waals surface area contributed by atoms with Crippen molar-refractivity contribution >= 4 is 10.2 Å². The molecule has 1 aromatic rings. The summed E-state index contributed by atoms with van der Waals surface area (Å²) in [6.45, 7) is 2.35. The van der Waals surface area contributed by atoms with E-state index in [2.05, 4.69) is 15.0 Å². The number of rotatable bonds is 6. The molecule has 1 fully saturated rings. The van der Waals surface area contributed by atoms with E-state index in [-0.39, 0.29) is 0 Å². The van der Waals surface area contributed by atoms with Crippen LogP contribution in [0.5, 0.6) is 0 Å². The molecule has 0 bridgehead atoms. The number of nitrogens with zero attached hydrogens (tertiary/aromatic N) is 2. The molecule has 6 nitrogen and oxygen atoms in total. The molecule has 1 unspecified atom stereocenters. The number of hydrogen-bond donors (Lipinski definition) is 2. The van der Waals surface area contributed by atoms with Gasteiger partial charge in [0.25, 0.3) is 10.2 Å². The topological polar surface area (TPSA) is 74.3 Å². The van der Waals surface area contributed by atoms with Crippen molar-refractivity contribution in [1.82, 2.24) is 19.3 Å². The van der Waals surface area contributed by atoms with Crippen LogP contribution in [0.25, 0.3) is 0 Å². The van der Waals surface area contributed by atoms with Gasteiger partial charge in [-0.2, -0.15) is 17.4 Å². The summed E-state index contributed by atoms with van der Waals surface area (Å²) in [4.78, 5) is 3.92. The molecule has 0 spiro atoms. The largest absolute Gasteiger partial charge is 0.319 e. The van der Waals surface area contributed by atoms with Gasteiger partial charge in [-0.25, -0.2) is 0 Å². The van der Waals surface area contributed by atoms with Crippen LogP contribution in [0.15, 0.2) is 24.5 Å². The molecule has 0 saturated carbocycles. The first kappa shape index (κ1) is 15.4. The van der Waals surface area contributed by atoms with E-state index in [0.717, 1.165) is 24.9 Å². The second kappa shape index (κ2) is 7.12. The number of hydrogen-bond acceptors (Lipinski definition) is 4. The molecule has 1 aliphatic rings. The van der Waals surface area contributed by atoms with Crippen LogP contribution >= 0.6 is 0 Å². The average Bonchev–Trinajstić information content (AvgIpc) is 2.47. The van der Waals surface area contributed by atoms with Crippen LogP contribution in [0, 0.1) is 5.92 Å². The first-order valence-electron chi connectivity index (χ1n) is 6.90. The Morgan fingerprint density at radius 2 is 2.15 bits per heavy atom. The molecule has 112 valence electrons. The molecular weight excluding hydrogens is 276 g/mol. The highest BCUT2D eigenvalue weighted by Crippen LogP contribution is 2.18. The predicted molar refractivity (Wildman–Crippen MR) is 78.2 cm³/mol.